The van der Waals surface area contributed by atoms with Gasteiger partial charge in [-0.15, -0.1) is 0 Å². The van der Waals surface area contributed by atoms with Gasteiger partial charge in [-0.25, -0.2) is 0 Å². The topological polar surface area (TPSA) is 17.1 Å². The molecule has 0 saturated heterocycles. The van der Waals surface area contributed by atoms with Gasteiger partial charge in [0.25, 0.3) is 0 Å². The molecule has 0 unspecified atom stereocenters. The van der Waals surface area contributed by atoms with Gasteiger partial charge in [-0.3, -0.25) is 0 Å². The van der Waals surface area contributed by atoms with Crippen LogP contribution in [0.2, 0.25) is 0 Å². The summed E-state index contributed by atoms with van der Waals surface area (Å²) >= 11 is -0.217. The molecular weight excluding hydrogens is 398 g/mol. The summed E-state index contributed by atoms with van der Waals surface area (Å²) < 4.78 is 11.4. The fourth-order valence-corrected chi connectivity index (χ4v) is 4.21. The van der Waals surface area contributed by atoms with Crippen LogP contribution in [0.1, 0.15) is 0 Å². The molecule has 2 rings (SSSR count). The van der Waals surface area contributed by atoms with Crippen LogP contribution >= 0.6 is 0 Å². The van der Waals surface area contributed by atoms with Gasteiger partial charge < -0.3 is 0 Å². The minimum atomic E-state index is -0.517. The number of rotatable bonds is 2. The van der Waals surface area contributed by atoms with E-state index in [0.717, 1.165) is 0 Å². The van der Waals surface area contributed by atoms with Gasteiger partial charge in [0, 0.05) is 0 Å². The molecule has 0 aliphatic carbocycles. The molecule has 0 atom stereocenters. The standard InChI is InChI=1S/2C6H5.O.2Sn/c2*1-2-4-6-5-3-1;;;/h2*1-5H;;;. The van der Waals surface area contributed by atoms with Crippen LogP contribution < -0.4 is 7.16 Å². The summed E-state index contributed by atoms with van der Waals surface area (Å²) in [7, 11) is 0. The Morgan fingerprint density at radius 1 is 0.667 bits per heavy atom. The third-order valence-corrected chi connectivity index (χ3v) is 5.39. The van der Waals surface area contributed by atoms with Gasteiger partial charge in [-0.2, -0.15) is 0 Å². The molecule has 0 aliphatic rings. The first-order chi connectivity index (χ1) is 7.45. The van der Waals surface area contributed by atoms with Crippen LogP contribution in [0, 0.1) is 0 Å². The van der Waals surface area contributed by atoms with E-state index in [2.05, 4.69) is 60.7 Å². The Hall–Kier alpha value is -0.163. The number of hydrogen-bond donors (Lipinski definition) is 0. The number of hydrogen-bond acceptors (Lipinski definition) is 1. The van der Waals surface area contributed by atoms with E-state index in [1.165, 1.54) is 7.16 Å². The second-order valence-corrected chi connectivity index (χ2v) is 6.87. The molecule has 0 aliphatic heterocycles. The van der Waals surface area contributed by atoms with E-state index in [1.807, 2.05) is 0 Å². The summed E-state index contributed by atoms with van der Waals surface area (Å²) in [6, 6.07) is 21.6. The molecule has 0 fully saturated rings. The van der Waals surface area contributed by atoms with E-state index >= 15 is 0 Å². The fraction of sp³-hybridized carbons (Fsp3) is 0. The van der Waals surface area contributed by atoms with Crippen molar-refractivity contribution < 1.29 is 3.08 Å². The van der Waals surface area contributed by atoms with E-state index in [1.54, 1.807) is 0 Å². The first kappa shape index (κ1) is 12.9. The first-order valence-electron chi connectivity index (χ1n) is 4.53. The van der Waals surface area contributed by atoms with Gasteiger partial charge in [0.05, 0.1) is 0 Å². The maximum atomic E-state index is 8.34. The minimum absolute atomic E-state index is 0.300. The molecule has 0 N–H and O–H groups in total. The van der Waals surface area contributed by atoms with Crippen molar-refractivity contribution in [2.45, 2.75) is 0 Å². The summed E-state index contributed by atoms with van der Waals surface area (Å²) in [5.41, 5.74) is 0. The van der Waals surface area contributed by atoms with Gasteiger partial charge in [-0.05, 0) is 0 Å². The molecule has 0 aromatic heterocycles. The van der Waals surface area contributed by atoms with Gasteiger partial charge in [-0.1, -0.05) is 0 Å². The van der Waals surface area contributed by atoms with Crippen LogP contribution in [0.3, 0.4) is 0 Å². The molecule has 15 heavy (non-hydrogen) atoms. The predicted molar refractivity (Wildman–Crippen MR) is 64.3 cm³/mol. The van der Waals surface area contributed by atoms with Gasteiger partial charge >= 0.3 is 115 Å². The Morgan fingerprint density at radius 2 is 1.00 bits per heavy atom. The van der Waals surface area contributed by atoms with E-state index in [-0.39, 0.29) is 0 Å². The number of benzene rings is 2. The second kappa shape index (κ2) is 8.04. The molecule has 1 nitrogen and oxygen atoms in total. The zero-order valence-corrected chi connectivity index (χ0v) is 13.9. The predicted octanol–water partition coefficient (Wildman–Crippen LogP) is 0.842. The van der Waals surface area contributed by atoms with Crippen LogP contribution in [0.4, 0.5) is 0 Å². The molecule has 3 heteroatoms. The summed E-state index contributed by atoms with van der Waals surface area (Å²) in [5.74, 6) is 0. The zero-order valence-electron chi connectivity index (χ0n) is 8.18. The summed E-state index contributed by atoms with van der Waals surface area (Å²) in [6.07, 6.45) is 0. The van der Waals surface area contributed by atoms with Crippen LogP contribution in [0.15, 0.2) is 60.7 Å². The Bertz CT molecular complexity index is 338. The van der Waals surface area contributed by atoms with E-state index in [4.69, 9.17) is 3.08 Å². The van der Waals surface area contributed by atoms with E-state index < -0.39 is 21.1 Å². The van der Waals surface area contributed by atoms with Crippen LogP contribution in [0.25, 0.3) is 0 Å². The Kier molecular flexibility index (Phi) is 6.92. The van der Waals surface area contributed by atoms with Crippen molar-refractivity contribution >= 4 is 50.8 Å². The van der Waals surface area contributed by atoms with Crippen molar-refractivity contribution in [3.63, 3.8) is 0 Å². The summed E-state index contributed by atoms with van der Waals surface area (Å²) in [4.78, 5) is 0. The molecular formula is C12H10OSn2. The Morgan fingerprint density at radius 3 is 1.33 bits per heavy atom. The van der Waals surface area contributed by atoms with Crippen LogP contribution in [-0.2, 0) is 3.08 Å². The molecule has 2 aromatic rings. The SMILES string of the molecule is [O]=[Sn].c1cc[c]([Sn][c]2ccccc2)cc1. The molecule has 0 spiro atoms. The molecule has 72 valence electrons. The third kappa shape index (κ3) is 4.93. The van der Waals surface area contributed by atoms with Crippen molar-refractivity contribution in [1.82, 2.24) is 0 Å². The molecule has 0 saturated carbocycles. The van der Waals surface area contributed by atoms with E-state index in [9.17, 15) is 0 Å². The Balaban J connectivity index is 0.000000531. The summed E-state index contributed by atoms with van der Waals surface area (Å²) in [5, 5.41) is 0. The normalized spacial score (nSPS) is 8.80. The van der Waals surface area contributed by atoms with Gasteiger partial charge in [0.1, 0.15) is 0 Å². The fourth-order valence-electron chi connectivity index (χ4n) is 1.21. The van der Waals surface area contributed by atoms with E-state index in [0.29, 0.717) is 22.5 Å². The molecule has 0 amide bonds. The van der Waals surface area contributed by atoms with Crippen LogP contribution in [0.5, 0.6) is 0 Å². The summed E-state index contributed by atoms with van der Waals surface area (Å²) in [6.45, 7) is 0. The third-order valence-electron chi connectivity index (χ3n) is 1.84. The average Bonchev–Trinajstić information content (AvgIpc) is 2.34. The molecule has 0 heterocycles. The molecule has 0 bridgehead atoms. The first-order valence-corrected chi connectivity index (χ1v) is 8.54. The molecule has 2 aromatic carbocycles. The van der Waals surface area contributed by atoms with Crippen molar-refractivity contribution in [2.24, 2.45) is 0 Å². The molecule has 4 radical (unpaired) electrons. The van der Waals surface area contributed by atoms with Gasteiger partial charge in [0.15, 0.2) is 0 Å². The van der Waals surface area contributed by atoms with Crippen molar-refractivity contribution in [3.8, 4) is 0 Å². The zero-order chi connectivity index (χ0) is 10.9. The van der Waals surface area contributed by atoms with Crippen LogP contribution in [-0.4, -0.2) is 43.7 Å². The average molecular weight is 408 g/mol. The quantitative estimate of drug-likeness (QED) is 0.675. The second-order valence-electron chi connectivity index (χ2n) is 2.86. The van der Waals surface area contributed by atoms with Crippen molar-refractivity contribution in [3.05, 3.63) is 60.7 Å². The van der Waals surface area contributed by atoms with Crippen molar-refractivity contribution in [1.29, 1.82) is 0 Å². The maximum absolute atomic E-state index is 8.34. The van der Waals surface area contributed by atoms with Gasteiger partial charge in [0.2, 0.25) is 0 Å². The van der Waals surface area contributed by atoms with Crippen molar-refractivity contribution in [2.75, 3.05) is 0 Å². The monoisotopic (exact) mass is 410 g/mol. The Labute approximate surface area is 114 Å².